The first-order valence-corrected chi connectivity index (χ1v) is 5.74. The van der Waals surface area contributed by atoms with Crippen molar-refractivity contribution in [3.8, 4) is 17.2 Å². The lowest BCUT2D eigenvalue weighted by molar-refractivity contribution is -0.147. The SMILES string of the molecule is COc1cc(C2(C(=O)O)CCC2)cc(O)c1OC. The molecule has 2 rings (SSSR count). The van der Waals surface area contributed by atoms with E-state index in [4.69, 9.17) is 9.47 Å². The third kappa shape index (κ3) is 1.66. The van der Waals surface area contributed by atoms with Crippen molar-refractivity contribution >= 4 is 5.97 Å². The number of carbonyl (C=O) groups is 1. The first-order chi connectivity index (χ1) is 8.55. The third-order valence-corrected chi connectivity index (χ3v) is 3.63. The predicted molar refractivity (Wildman–Crippen MR) is 64.4 cm³/mol. The largest absolute Gasteiger partial charge is 0.504 e. The van der Waals surface area contributed by atoms with E-state index in [1.165, 1.54) is 20.3 Å². The molecule has 1 saturated carbocycles. The molecule has 1 aliphatic rings. The van der Waals surface area contributed by atoms with E-state index in [1.54, 1.807) is 6.07 Å². The van der Waals surface area contributed by atoms with E-state index in [9.17, 15) is 15.0 Å². The number of methoxy groups -OCH3 is 2. The highest BCUT2D eigenvalue weighted by molar-refractivity contribution is 5.83. The van der Waals surface area contributed by atoms with Crippen LogP contribution < -0.4 is 9.47 Å². The fourth-order valence-electron chi connectivity index (χ4n) is 2.38. The minimum atomic E-state index is -0.892. The van der Waals surface area contributed by atoms with E-state index in [0.717, 1.165) is 6.42 Å². The molecular weight excluding hydrogens is 236 g/mol. The predicted octanol–water partition coefficient (Wildman–Crippen LogP) is 1.92. The van der Waals surface area contributed by atoms with Crippen LogP contribution in [0.5, 0.6) is 17.2 Å². The Bertz CT molecular complexity index is 477. The van der Waals surface area contributed by atoms with Gasteiger partial charge >= 0.3 is 5.97 Å². The second-order valence-electron chi connectivity index (χ2n) is 4.47. The molecule has 5 nitrogen and oxygen atoms in total. The molecule has 2 N–H and O–H groups in total. The van der Waals surface area contributed by atoms with Gasteiger partial charge in [0.05, 0.1) is 19.6 Å². The van der Waals surface area contributed by atoms with Crippen molar-refractivity contribution in [2.45, 2.75) is 24.7 Å². The molecule has 0 unspecified atom stereocenters. The van der Waals surface area contributed by atoms with Crippen LogP contribution in [0.4, 0.5) is 0 Å². The molecule has 1 aromatic rings. The molecule has 98 valence electrons. The van der Waals surface area contributed by atoms with E-state index < -0.39 is 11.4 Å². The van der Waals surface area contributed by atoms with Crippen LogP contribution in [-0.4, -0.2) is 30.4 Å². The number of hydrogen-bond acceptors (Lipinski definition) is 4. The maximum absolute atomic E-state index is 11.4. The van der Waals surface area contributed by atoms with Gasteiger partial charge in [-0.2, -0.15) is 0 Å². The number of benzene rings is 1. The number of rotatable bonds is 4. The normalized spacial score (nSPS) is 16.8. The zero-order valence-electron chi connectivity index (χ0n) is 10.4. The summed E-state index contributed by atoms with van der Waals surface area (Å²) in [5, 5.41) is 19.2. The van der Waals surface area contributed by atoms with Gasteiger partial charge in [0.2, 0.25) is 5.75 Å². The number of phenolic OH excluding ortho intramolecular Hbond substituents is 1. The van der Waals surface area contributed by atoms with Crippen LogP contribution in [-0.2, 0) is 10.2 Å². The average Bonchev–Trinajstić information content (AvgIpc) is 2.26. The van der Waals surface area contributed by atoms with Gasteiger partial charge in [0.25, 0.3) is 0 Å². The van der Waals surface area contributed by atoms with Gasteiger partial charge in [-0.1, -0.05) is 6.42 Å². The Morgan fingerprint density at radius 1 is 1.28 bits per heavy atom. The topological polar surface area (TPSA) is 76.0 Å². The highest BCUT2D eigenvalue weighted by atomic mass is 16.5. The summed E-state index contributed by atoms with van der Waals surface area (Å²) in [6.07, 6.45) is 2.04. The Hall–Kier alpha value is -1.91. The first kappa shape index (κ1) is 12.5. The summed E-state index contributed by atoms with van der Waals surface area (Å²) < 4.78 is 10.1. The molecule has 1 aliphatic carbocycles. The summed E-state index contributed by atoms with van der Waals surface area (Å²) >= 11 is 0. The molecule has 0 bridgehead atoms. The Morgan fingerprint density at radius 3 is 2.33 bits per heavy atom. The summed E-state index contributed by atoms with van der Waals surface area (Å²) in [5.41, 5.74) is -0.326. The standard InChI is InChI=1S/C13H16O5/c1-17-10-7-8(6-9(14)11(10)18-2)13(12(15)16)4-3-5-13/h6-7,14H,3-5H2,1-2H3,(H,15,16). The molecule has 1 fully saturated rings. The molecular formula is C13H16O5. The maximum Gasteiger partial charge on any atom is 0.314 e. The van der Waals surface area contributed by atoms with Crippen LogP contribution in [0.3, 0.4) is 0 Å². The quantitative estimate of drug-likeness (QED) is 0.856. The smallest absolute Gasteiger partial charge is 0.314 e. The molecule has 0 amide bonds. The van der Waals surface area contributed by atoms with E-state index in [2.05, 4.69) is 0 Å². The van der Waals surface area contributed by atoms with Crippen LogP contribution in [0.25, 0.3) is 0 Å². The van der Waals surface area contributed by atoms with Crippen molar-refractivity contribution in [1.82, 2.24) is 0 Å². The van der Waals surface area contributed by atoms with Gasteiger partial charge in [0, 0.05) is 0 Å². The molecule has 1 aromatic carbocycles. The van der Waals surface area contributed by atoms with Gasteiger partial charge in [-0.15, -0.1) is 0 Å². The number of carboxylic acid groups (broad SMARTS) is 1. The van der Waals surface area contributed by atoms with E-state index >= 15 is 0 Å². The summed E-state index contributed by atoms with van der Waals surface area (Å²) in [7, 11) is 2.88. The number of aliphatic carboxylic acids is 1. The molecule has 0 aromatic heterocycles. The zero-order valence-corrected chi connectivity index (χ0v) is 10.4. The lowest BCUT2D eigenvalue weighted by Gasteiger charge is -2.38. The molecule has 0 saturated heterocycles. The molecule has 0 radical (unpaired) electrons. The molecule has 18 heavy (non-hydrogen) atoms. The number of aromatic hydroxyl groups is 1. The second-order valence-corrected chi connectivity index (χ2v) is 4.47. The van der Waals surface area contributed by atoms with Crippen molar-refractivity contribution in [3.05, 3.63) is 17.7 Å². The Labute approximate surface area is 105 Å². The number of carboxylic acids is 1. The highest BCUT2D eigenvalue weighted by Crippen LogP contribution is 2.48. The van der Waals surface area contributed by atoms with Crippen molar-refractivity contribution in [1.29, 1.82) is 0 Å². The second kappa shape index (κ2) is 4.40. The van der Waals surface area contributed by atoms with Crippen LogP contribution >= 0.6 is 0 Å². The summed E-state index contributed by atoms with van der Waals surface area (Å²) in [4.78, 5) is 11.4. The van der Waals surface area contributed by atoms with Crippen LogP contribution in [0.2, 0.25) is 0 Å². The van der Waals surface area contributed by atoms with Gasteiger partial charge in [0.1, 0.15) is 0 Å². The van der Waals surface area contributed by atoms with Crippen LogP contribution in [0.15, 0.2) is 12.1 Å². The van der Waals surface area contributed by atoms with Gasteiger partial charge in [-0.25, -0.2) is 0 Å². The first-order valence-electron chi connectivity index (χ1n) is 5.74. The van der Waals surface area contributed by atoms with E-state index in [0.29, 0.717) is 24.2 Å². The number of phenols is 1. The Balaban J connectivity index is 2.52. The maximum atomic E-state index is 11.4. The lowest BCUT2D eigenvalue weighted by Crippen LogP contribution is -2.42. The summed E-state index contributed by atoms with van der Waals surface area (Å²) in [5.74, 6) is -0.388. The molecule has 0 spiro atoms. The van der Waals surface area contributed by atoms with E-state index in [-0.39, 0.29) is 11.5 Å². The fraction of sp³-hybridized carbons (Fsp3) is 0.462. The van der Waals surface area contributed by atoms with Crippen molar-refractivity contribution < 1.29 is 24.5 Å². The van der Waals surface area contributed by atoms with Crippen LogP contribution in [0.1, 0.15) is 24.8 Å². The summed E-state index contributed by atoms with van der Waals surface area (Å²) in [6, 6.07) is 3.08. The minimum absolute atomic E-state index is 0.0978. The highest BCUT2D eigenvalue weighted by Gasteiger charge is 2.46. The summed E-state index contributed by atoms with van der Waals surface area (Å²) in [6.45, 7) is 0. The number of ether oxygens (including phenoxy) is 2. The van der Waals surface area contributed by atoms with Gasteiger partial charge in [-0.3, -0.25) is 4.79 Å². The van der Waals surface area contributed by atoms with Gasteiger partial charge in [-0.05, 0) is 30.5 Å². The zero-order chi connectivity index (χ0) is 13.3. The average molecular weight is 252 g/mol. The Kier molecular flexibility index (Phi) is 3.07. The van der Waals surface area contributed by atoms with Crippen molar-refractivity contribution in [3.63, 3.8) is 0 Å². The molecule has 5 heteroatoms. The number of hydrogen-bond donors (Lipinski definition) is 2. The lowest BCUT2D eigenvalue weighted by atomic mass is 9.64. The monoisotopic (exact) mass is 252 g/mol. The van der Waals surface area contributed by atoms with Crippen molar-refractivity contribution in [2.24, 2.45) is 0 Å². The minimum Gasteiger partial charge on any atom is -0.504 e. The van der Waals surface area contributed by atoms with Gasteiger partial charge < -0.3 is 19.7 Å². The fourth-order valence-corrected chi connectivity index (χ4v) is 2.38. The Morgan fingerprint density at radius 2 is 1.94 bits per heavy atom. The molecule has 0 heterocycles. The molecule has 0 atom stereocenters. The molecule has 0 aliphatic heterocycles. The third-order valence-electron chi connectivity index (χ3n) is 3.63. The van der Waals surface area contributed by atoms with Crippen molar-refractivity contribution in [2.75, 3.05) is 14.2 Å². The van der Waals surface area contributed by atoms with Gasteiger partial charge in [0.15, 0.2) is 11.5 Å². The van der Waals surface area contributed by atoms with Crippen LogP contribution in [0, 0.1) is 0 Å². The van der Waals surface area contributed by atoms with E-state index in [1.807, 2.05) is 0 Å².